The maximum Gasteiger partial charge on any atom is 0.253 e. The summed E-state index contributed by atoms with van der Waals surface area (Å²) in [4.78, 5) is 56.7. The van der Waals surface area contributed by atoms with E-state index in [0.717, 1.165) is 17.0 Å². The maximum atomic E-state index is 11.5. The van der Waals surface area contributed by atoms with E-state index >= 15 is 0 Å². The van der Waals surface area contributed by atoms with Crippen LogP contribution in [0.5, 0.6) is 0 Å². The van der Waals surface area contributed by atoms with Crippen molar-refractivity contribution in [3.8, 4) is 0 Å². The molecule has 194 valence electrons. The van der Waals surface area contributed by atoms with Crippen molar-refractivity contribution in [1.29, 1.82) is 0 Å². The summed E-state index contributed by atoms with van der Waals surface area (Å²) in [6, 6.07) is 7.20. The molecule has 0 radical (unpaired) electrons. The van der Waals surface area contributed by atoms with Gasteiger partial charge in [-0.25, -0.2) is 0 Å². The first-order valence-corrected chi connectivity index (χ1v) is 12.0. The second-order valence-corrected chi connectivity index (χ2v) is 8.06. The molecule has 5 amide bonds. The Morgan fingerprint density at radius 3 is 1.97 bits per heavy atom. The summed E-state index contributed by atoms with van der Waals surface area (Å²) in [5, 5.41) is 7.94. The van der Waals surface area contributed by atoms with Gasteiger partial charge < -0.3 is 16.0 Å². The fourth-order valence-electron chi connectivity index (χ4n) is 2.61. The number of anilines is 1. The zero-order chi connectivity index (χ0) is 27.0. The van der Waals surface area contributed by atoms with Gasteiger partial charge in [0.05, 0.1) is 0 Å². The maximum absolute atomic E-state index is 11.5. The molecule has 9 heteroatoms. The molecule has 2 atom stereocenters. The van der Waals surface area contributed by atoms with Crippen molar-refractivity contribution in [2.75, 3.05) is 11.9 Å². The number of amides is 5. The molecule has 1 aromatic rings. The van der Waals surface area contributed by atoms with Gasteiger partial charge in [0, 0.05) is 36.8 Å². The minimum atomic E-state index is -0.525. The third kappa shape index (κ3) is 12.0. The van der Waals surface area contributed by atoms with Crippen molar-refractivity contribution in [3.63, 3.8) is 0 Å². The molecule has 0 saturated heterocycles. The molecule has 2 unspecified atom stereocenters. The van der Waals surface area contributed by atoms with Crippen LogP contribution in [0.4, 0.5) is 5.69 Å². The Bertz CT molecular complexity index is 847. The first kappa shape index (κ1) is 31.5. The minimum Gasteiger partial charge on any atom is -0.353 e. The highest BCUT2D eigenvalue weighted by Crippen LogP contribution is 2.10. The fourth-order valence-corrected chi connectivity index (χ4v) is 2.61. The van der Waals surface area contributed by atoms with E-state index in [1.54, 1.807) is 6.92 Å². The zero-order valence-corrected chi connectivity index (χ0v) is 21.9. The highest BCUT2D eigenvalue weighted by molar-refractivity contribution is 6.13. The Morgan fingerprint density at radius 2 is 1.51 bits per heavy atom. The Labute approximate surface area is 208 Å². The summed E-state index contributed by atoms with van der Waals surface area (Å²) in [6.45, 7) is 13.8. The minimum absolute atomic E-state index is 0.0885. The highest BCUT2D eigenvalue weighted by atomic mass is 16.2. The van der Waals surface area contributed by atoms with Gasteiger partial charge in [0.15, 0.2) is 0 Å². The van der Waals surface area contributed by atoms with E-state index in [4.69, 9.17) is 0 Å². The quantitative estimate of drug-likeness (QED) is 0.345. The molecule has 0 bridgehead atoms. The van der Waals surface area contributed by atoms with Crippen molar-refractivity contribution >= 4 is 35.7 Å². The van der Waals surface area contributed by atoms with Crippen LogP contribution in [0.3, 0.4) is 0 Å². The number of carbonyl (C=O) groups excluding carboxylic acids is 5. The van der Waals surface area contributed by atoms with Gasteiger partial charge >= 0.3 is 0 Å². The Kier molecular flexibility index (Phi) is 15.3. The van der Waals surface area contributed by atoms with Crippen LogP contribution in [0.25, 0.3) is 0 Å². The van der Waals surface area contributed by atoms with Crippen LogP contribution in [-0.2, 0) is 30.4 Å². The fraction of sp³-hybridized carbons (Fsp3) is 0.500. The third-order valence-corrected chi connectivity index (χ3v) is 5.19. The number of rotatable bonds is 10. The van der Waals surface area contributed by atoms with Crippen molar-refractivity contribution in [1.82, 2.24) is 15.5 Å². The lowest BCUT2D eigenvalue weighted by atomic mass is 10.1. The SMILES string of the molecule is CC.CC(C)C(C)NC(=O)CCN1C(=O)C=CC1=O.CCc1ccc(NC(=O)C(C)NC=O)cc1. The van der Waals surface area contributed by atoms with Gasteiger partial charge in [0.25, 0.3) is 11.8 Å². The first-order chi connectivity index (χ1) is 16.6. The van der Waals surface area contributed by atoms with Crippen LogP contribution in [0.2, 0.25) is 0 Å². The topological polar surface area (TPSA) is 125 Å². The van der Waals surface area contributed by atoms with Crippen LogP contribution < -0.4 is 16.0 Å². The molecular weight excluding hydrogens is 448 g/mol. The molecule has 9 nitrogen and oxygen atoms in total. The van der Waals surface area contributed by atoms with E-state index in [-0.39, 0.29) is 42.6 Å². The molecule has 3 N–H and O–H groups in total. The van der Waals surface area contributed by atoms with Crippen LogP contribution in [0.15, 0.2) is 36.4 Å². The highest BCUT2D eigenvalue weighted by Gasteiger charge is 2.23. The molecule has 1 aliphatic rings. The molecule has 1 aliphatic heterocycles. The number of carbonyl (C=O) groups is 5. The van der Waals surface area contributed by atoms with Gasteiger partial charge in [0.1, 0.15) is 6.04 Å². The van der Waals surface area contributed by atoms with E-state index < -0.39 is 6.04 Å². The van der Waals surface area contributed by atoms with Gasteiger partial charge in [-0.1, -0.05) is 46.8 Å². The average Bonchev–Trinajstić information content (AvgIpc) is 3.16. The van der Waals surface area contributed by atoms with Gasteiger partial charge in [-0.15, -0.1) is 0 Å². The molecule has 35 heavy (non-hydrogen) atoms. The number of hydrogen-bond acceptors (Lipinski definition) is 5. The van der Waals surface area contributed by atoms with Gasteiger partial charge in [0.2, 0.25) is 18.2 Å². The molecule has 1 heterocycles. The Balaban J connectivity index is 0.000000618. The van der Waals surface area contributed by atoms with E-state index in [0.29, 0.717) is 12.3 Å². The monoisotopic (exact) mass is 488 g/mol. The molecule has 1 aromatic carbocycles. The summed E-state index contributed by atoms with van der Waals surface area (Å²) in [6.07, 6.45) is 4.08. The lowest BCUT2D eigenvalue weighted by Crippen LogP contribution is -2.39. The van der Waals surface area contributed by atoms with Crippen LogP contribution in [-0.4, -0.2) is 53.6 Å². The largest absolute Gasteiger partial charge is 0.353 e. The summed E-state index contributed by atoms with van der Waals surface area (Å²) >= 11 is 0. The predicted molar refractivity (Wildman–Crippen MR) is 137 cm³/mol. The standard InChI is InChI=1S/C12H18N2O3.C12H16N2O2.C2H6/c1-8(2)9(3)13-10(15)6-7-14-11(16)4-5-12(14)17;1-3-10-4-6-11(7-5-10)14-12(16)9(2)13-8-15;1-2/h4-5,8-9H,6-7H2,1-3H3,(H,13,15);4-9H,3H2,1-2H3,(H,13,15)(H,14,16);1-2H3. The van der Waals surface area contributed by atoms with Gasteiger partial charge in [-0.3, -0.25) is 28.9 Å². The molecule has 0 aliphatic carbocycles. The van der Waals surface area contributed by atoms with Crippen LogP contribution in [0.1, 0.15) is 60.5 Å². The molecule has 0 saturated carbocycles. The van der Waals surface area contributed by atoms with Gasteiger partial charge in [-0.2, -0.15) is 0 Å². The van der Waals surface area contributed by atoms with Crippen molar-refractivity contribution in [2.24, 2.45) is 5.92 Å². The Morgan fingerprint density at radius 1 is 0.971 bits per heavy atom. The number of benzene rings is 1. The summed E-state index contributed by atoms with van der Waals surface area (Å²) in [5.74, 6) is -0.704. The molecule has 2 rings (SSSR count). The summed E-state index contributed by atoms with van der Waals surface area (Å²) < 4.78 is 0. The first-order valence-electron chi connectivity index (χ1n) is 12.0. The summed E-state index contributed by atoms with van der Waals surface area (Å²) in [5.41, 5.74) is 1.96. The number of aryl methyl sites for hydroxylation is 1. The lowest BCUT2D eigenvalue weighted by molar-refractivity contribution is -0.137. The normalized spacial score (nSPS) is 13.7. The van der Waals surface area contributed by atoms with Crippen molar-refractivity contribution < 1.29 is 24.0 Å². The molecule has 0 aromatic heterocycles. The second-order valence-electron chi connectivity index (χ2n) is 8.06. The van der Waals surface area contributed by atoms with E-state index in [2.05, 4.69) is 22.9 Å². The number of imide groups is 1. The van der Waals surface area contributed by atoms with Crippen molar-refractivity contribution in [2.45, 2.75) is 73.4 Å². The summed E-state index contributed by atoms with van der Waals surface area (Å²) in [7, 11) is 0. The number of nitrogens with zero attached hydrogens (tertiary/aromatic N) is 1. The van der Waals surface area contributed by atoms with Crippen LogP contribution in [0, 0.1) is 5.92 Å². The predicted octanol–water partition coefficient (Wildman–Crippen LogP) is 2.81. The molecular formula is C26H40N4O5. The molecule has 0 spiro atoms. The number of hydrogen-bond donors (Lipinski definition) is 3. The zero-order valence-electron chi connectivity index (χ0n) is 21.9. The average molecular weight is 489 g/mol. The molecule has 0 fully saturated rings. The lowest BCUT2D eigenvalue weighted by Gasteiger charge is -2.18. The van der Waals surface area contributed by atoms with Crippen LogP contribution >= 0.6 is 0 Å². The van der Waals surface area contributed by atoms with E-state index in [1.807, 2.05) is 58.9 Å². The number of nitrogens with one attached hydrogen (secondary N) is 3. The van der Waals surface area contributed by atoms with E-state index in [9.17, 15) is 24.0 Å². The van der Waals surface area contributed by atoms with E-state index in [1.165, 1.54) is 17.7 Å². The second kappa shape index (κ2) is 17.0. The van der Waals surface area contributed by atoms with Crippen molar-refractivity contribution in [3.05, 3.63) is 42.0 Å². The van der Waals surface area contributed by atoms with Gasteiger partial charge in [-0.05, 0) is 43.9 Å². The smallest absolute Gasteiger partial charge is 0.253 e. The third-order valence-electron chi connectivity index (χ3n) is 5.19. The Hall–Kier alpha value is -3.49.